The van der Waals surface area contributed by atoms with Crippen LogP contribution in [-0.4, -0.2) is 23.5 Å². The third-order valence-corrected chi connectivity index (χ3v) is 13.4. The first-order valence-corrected chi connectivity index (χ1v) is 21.1. The molecule has 6 heterocycles. The molecule has 286 valence electrons. The zero-order valence-corrected chi connectivity index (χ0v) is 33.0. The van der Waals surface area contributed by atoms with Crippen LogP contribution in [0.25, 0.3) is 137 Å². The molecule has 0 unspecified atom stereocenters. The predicted octanol–water partition coefficient (Wildman–Crippen LogP) is 14.5. The van der Waals surface area contributed by atoms with Gasteiger partial charge in [0.15, 0.2) is 11.6 Å². The molecule has 0 aliphatic rings. The molecule has 0 atom stereocenters. The Morgan fingerprint density at radius 3 is 1.87 bits per heavy atom. The Morgan fingerprint density at radius 2 is 1.03 bits per heavy atom. The number of rotatable bonds is 3. The molecule has 6 heteroatoms. The van der Waals surface area contributed by atoms with Gasteiger partial charge in [-0.15, -0.1) is 0 Å². The SMILES string of the molecule is c1ccc(-n2c3ccccc3c3ccc(-c4nc(-n5c6ccc7ccccc7c6c6cc7c8ccccc8n8c9ccccc9c(c65)c78)c5c(n4)oc4ccccc45)cc32)cc1. The van der Waals surface area contributed by atoms with E-state index in [1.807, 2.05) is 12.1 Å². The van der Waals surface area contributed by atoms with E-state index in [4.69, 9.17) is 14.4 Å². The molecule has 0 saturated heterocycles. The van der Waals surface area contributed by atoms with Crippen LogP contribution >= 0.6 is 0 Å². The highest BCUT2D eigenvalue weighted by Crippen LogP contribution is 2.49. The fourth-order valence-electron chi connectivity index (χ4n) is 10.9. The summed E-state index contributed by atoms with van der Waals surface area (Å²) in [7, 11) is 0. The summed E-state index contributed by atoms with van der Waals surface area (Å²) in [5, 5.41) is 13.9. The fraction of sp³-hybridized carbons (Fsp3) is 0. The normalized spacial score (nSPS) is 12.5. The Balaban J connectivity index is 1.14. The molecule has 0 spiro atoms. The lowest BCUT2D eigenvalue weighted by atomic mass is 10.0. The number of benzene rings is 9. The van der Waals surface area contributed by atoms with Crippen LogP contribution in [0.4, 0.5) is 0 Å². The molecule has 15 rings (SSSR count). The van der Waals surface area contributed by atoms with Crippen LogP contribution in [0.1, 0.15) is 0 Å². The quantitative estimate of drug-likeness (QED) is 0.179. The summed E-state index contributed by atoms with van der Waals surface area (Å²) in [6, 6.07) is 67.5. The highest BCUT2D eigenvalue weighted by atomic mass is 16.3. The Hall–Kier alpha value is -8.48. The second-order valence-electron chi connectivity index (χ2n) is 16.5. The minimum Gasteiger partial charge on any atom is -0.437 e. The lowest BCUT2D eigenvalue weighted by Crippen LogP contribution is -2.02. The van der Waals surface area contributed by atoms with Crippen LogP contribution in [0.15, 0.2) is 192 Å². The molecule has 9 aromatic carbocycles. The van der Waals surface area contributed by atoms with E-state index in [0.717, 1.165) is 55.5 Å². The average molecular weight is 790 g/mol. The topological polar surface area (TPSA) is 53.2 Å². The maximum absolute atomic E-state index is 6.74. The van der Waals surface area contributed by atoms with E-state index < -0.39 is 0 Å². The number of aromatic nitrogens is 5. The zero-order chi connectivity index (χ0) is 40.2. The first-order chi connectivity index (χ1) is 30.8. The molecule has 0 bridgehead atoms. The van der Waals surface area contributed by atoms with Crippen molar-refractivity contribution in [2.45, 2.75) is 0 Å². The van der Waals surface area contributed by atoms with Gasteiger partial charge in [0.05, 0.1) is 44.0 Å². The van der Waals surface area contributed by atoms with E-state index in [1.165, 1.54) is 70.4 Å². The molecule has 0 aliphatic carbocycles. The molecule has 0 N–H and O–H groups in total. The van der Waals surface area contributed by atoms with E-state index >= 15 is 0 Å². The van der Waals surface area contributed by atoms with Crippen molar-refractivity contribution in [2.24, 2.45) is 0 Å². The number of hydrogen-bond donors (Lipinski definition) is 0. The summed E-state index contributed by atoms with van der Waals surface area (Å²) in [5.74, 6) is 1.39. The number of furan rings is 1. The molecule has 62 heavy (non-hydrogen) atoms. The van der Waals surface area contributed by atoms with Crippen LogP contribution in [0.5, 0.6) is 0 Å². The third kappa shape index (κ3) is 4.04. The molecular formula is C56H31N5O. The first kappa shape index (κ1) is 32.4. The summed E-state index contributed by atoms with van der Waals surface area (Å²) in [6.45, 7) is 0. The first-order valence-electron chi connectivity index (χ1n) is 21.1. The van der Waals surface area contributed by atoms with E-state index in [1.54, 1.807) is 0 Å². The number of fused-ring (bicyclic) bond motifs is 18. The lowest BCUT2D eigenvalue weighted by Gasteiger charge is -2.12. The molecule has 0 fully saturated rings. The van der Waals surface area contributed by atoms with E-state index in [0.29, 0.717) is 11.5 Å². The molecule has 0 aliphatic heterocycles. The Bertz CT molecular complexity index is 4390. The average Bonchev–Trinajstić information content (AvgIpc) is 4.13. The Kier molecular flexibility index (Phi) is 6.07. The van der Waals surface area contributed by atoms with Gasteiger partial charge in [0.2, 0.25) is 5.71 Å². The number of hydrogen-bond acceptors (Lipinski definition) is 3. The monoisotopic (exact) mass is 789 g/mol. The van der Waals surface area contributed by atoms with Crippen LogP contribution in [0, 0.1) is 0 Å². The zero-order valence-electron chi connectivity index (χ0n) is 33.0. The molecular weight excluding hydrogens is 759 g/mol. The Morgan fingerprint density at radius 1 is 0.371 bits per heavy atom. The summed E-state index contributed by atoms with van der Waals surface area (Å²) in [6.07, 6.45) is 0. The number of nitrogens with zero attached hydrogens (tertiary/aromatic N) is 5. The van der Waals surface area contributed by atoms with Crippen molar-refractivity contribution >= 4 is 115 Å². The van der Waals surface area contributed by atoms with E-state index in [-0.39, 0.29) is 0 Å². The van der Waals surface area contributed by atoms with Crippen molar-refractivity contribution in [1.82, 2.24) is 23.5 Å². The van der Waals surface area contributed by atoms with Crippen molar-refractivity contribution in [3.63, 3.8) is 0 Å². The van der Waals surface area contributed by atoms with Gasteiger partial charge in [-0.05, 0) is 65.4 Å². The van der Waals surface area contributed by atoms with Gasteiger partial charge in [-0.3, -0.25) is 4.57 Å². The predicted molar refractivity (Wildman–Crippen MR) is 256 cm³/mol. The van der Waals surface area contributed by atoms with Gasteiger partial charge in [-0.1, -0.05) is 133 Å². The van der Waals surface area contributed by atoms with Crippen LogP contribution in [0.2, 0.25) is 0 Å². The third-order valence-electron chi connectivity index (χ3n) is 13.4. The maximum atomic E-state index is 6.74. The second-order valence-corrected chi connectivity index (χ2v) is 16.5. The van der Waals surface area contributed by atoms with Crippen LogP contribution in [-0.2, 0) is 0 Å². The minimum atomic E-state index is 0.553. The van der Waals surface area contributed by atoms with Crippen LogP contribution in [0.3, 0.4) is 0 Å². The fourth-order valence-corrected chi connectivity index (χ4v) is 10.9. The van der Waals surface area contributed by atoms with E-state index in [9.17, 15) is 0 Å². The van der Waals surface area contributed by atoms with Crippen molar-refractivity contribution < 1.29 is 4.42 Å². The summed E-state index contributed by atoms with van der Waals surface area (Å²) in [5.41, 5.74) is 11.4. The second kappa shape index (κ2) is 11.6. The van der Waals surface area contributed by atoms with Gasteiger partial charge in [0.1, 0.15) is 5.58 Å². The summed E-state index contributed by atoms with van der Waals surface area (Å²) < 4.78 is 14.0. The van der Waals surface area contributed by atoms with Gasteiger partial charge in [0.25, 0.3) is 0 Å². The van der Waals surface area contributed by atoms with Gasteiger partial charge in [-0.2, -0.15) is 4.98 Å². The summed E-state index contributed by atoms with van der Waals surface area (Å²) >= 11 is 0. The molecule has 0 amide bonds. The highest BCUT2D eigenvalue weighted by molar-refractivity contribution is 6.36. The van der Waals surface area contributed by atoms with Gasteiger partial charge >= 0.3 is 0 Å². The van der Waals surface area contributed by atoms with Crippen LogP contribution < -0.4 is 0 Å². The van der Waals surface area contributed by atoms with Gasteiger partial charge < -0.3 is 13.4 Å². The van der Waals surface area contributed by atoms with Gasteiger partial charge in [0, 0.05) is 59.7 Å². The molecule has 6 aromatic heterocycles. The highest BCUT2D eigenvalue weighted by Gasteiger charge is 2.28. The molecule has 15 aromatic rings. The minimum absolute atomic E-state index is 0.553. The number of para-hydroxylation sites is 5. The van der Waals surface area contributed by atoms with E-state index in [2.05, 4.69) is 189 Å². The Labute approximate surface area is 352 Å². The lowest BCUT2D eigenvalue weighted by molar-refractivity contribution is 0.653. The summed E-state index contributed by atoms with van der Waals surface area (Å²) in [4.78, 5) is 11.0. The molecule has 0 radical (unpaired) electrons. The molecule has 0 saturated carbocycles. The van der Waals surface area contributed by atoms with Crippen molar-refractivity contribution in [2.75, 3.05) is 0 Å². The van der Waals surface area contributed by atoms with Crippen molar-refractivity contribution in [3.8, 4) is 22.9 Å². The van der Waals surface area contributed by atoms with Crippen molar-refractivity contribution in [3.05, 3.63) is 188 Å². The smallest absolute Gasteiger partial charge is 0.233 e. The van der Waals surface area contributed by atoms with Crippen molar-refractivity contribution in [1.29, 1.82) is 0 Å². The maximum Gasteiger partial charge on any atom is 0.233 e. The van der Waals surface area contributed by atoms with Gasteiger partial charge in [-0.25, -0.2) is 4.98 Å². The molecule has 6 nitrogen and oxygen atoms in total. The standard InChI is InChI=1S/C56H31N5O/c1-2-15-34(16-3-1)59-43-22-10-6-18-36(43)38-28-26-33(30-47(38)59)54-57-55(51-40-21-9-13-25-48(40)62-56(51)58-54)61-46-29-27-32-14-4-5-17-35(32)49(46)42-31-41-37-19-7-11-23-44(37)60-45-24-12-8-20-39(45)50(52(41)60)53(42)61/h1-31H. The largest absolute Gasteiger partial charge is 0.437 e.